The summed E-state index contributed by atoms with van der Waals surface area (Å²) in [5, 5.41) is 3.06. The van der Waals surface area contributed by atoms with Crippen molar-refractivity contribution in [1.82, 2.24) is 14.9 Å². The number of piperidine rings is 1. The molecule has 0 unspecified atom stereocenters. The van der Waals surface area contributed by atoms with Gasteiger partial charge in [-0.15, -0.1) is 0 Å². The number of ether oxygens (including phenoxy) is 1. The molecule has 7 nitrogen and oxygen atoms in total. The number of aryl methyl sites for hydroxylation is 1. The van der Waals surface area contributed by atoms with Crippen LogP contribution in [0.2, 0.25) is 0 Å². The highest BCUT2D eigenvalue weighted by atomic mass is 16.5. The summed E-state index contributed by atoms with van der Waals surface area (Å²) >= 11 is 0. The summed E-state index contributed by atoms with van der Waals surface area (Å²) in [6.07, 6.45) is 1.64. The molecule has 0 saturated carbocycles. The maximum absolute atomic E-state index is 13.1. The minimum atomic E-state index is -0.189. The number of nitrogens with one attached hydrogen (secondary N) is 1. The van der Waals surface area contributed by atoms with Crippen LogP contribution >= 0.6 is 0 Å². The summed E-state index contributed by atoms with van der Waals surface area (Å²) in [4.78, 5) is 32.7. The van der Waals surface area contributed by atoms with Gasteiger partial charge in [-0.1, -0.05) is 30.3 Å². The van der Waals surface area contributed by atoms with Gasteiger partial charge in [-0.2, -0.15) is 0 Å². The van der Waals surface area contributed by atoms with Gasteiger partial charge in [-0.05, 0) is 44.9 Å². The van der Waals surface area contributed by atoms with Crippen LogP contribution in [0, 0.1) is 5.92 Å². The van der Waals surface area contributed by atoms with E-state index < -0.39 is 0 Å². The van der Waals surface area contributed by atoms with Crippen molar-refractivity contribution < 1.29 is 9.53 Å². The third kappa shape index (κ3) is 4.47. The van der Waals surface area contributed by atoms with E-state index in [0.29, 0.717) is 32.1 Å². The molecule has 168 valence electrons. The lowest BCUT2D eigenvalue weighted by Gasteiger charge is -2.32. The summed E-state index contributed by atoms with van der Waals surface area (Å²) in [5.74, 6) is 1.04. The van der Waals surface area contributed by atoms with Gasteiger partial charge in [0, 0.05) is 31.7 Å². The molecule has 1 amide bonds. The van der Waals surface area contributed by atoms with Gasteiger partial charge in [0.05, 0.1) is 23.6 Å². The van der Waals surface area contributed by atoms with E-state index in [1.54, 1.807) is 4.57 Å². The number of aromatic nitrogens is 2. The van der Waals surface area contributed by atoms with E-state index in [1.165, 1.54) is 0 Å². The van der Waals surface area contributed by atoms with E-state index in [-0.39, 0.29) is 17.4 Å². The van der Waals surface area contributed by atoms with E-state index in [2.05, 4.69) is 10.3 Å². The number of hydrogen-bond acceptors (Lipinski definition) is 5. The molecule has 1 aromatic heterocycles. The molecular weight excluding hydrogens is 404 g/mol. The van der Waals surface area contributed by atoms with Gasteiger partial charge >= 0.3 is 0 Å². The Labute approximate surface area is 188 Å². The summed E-state index contributed by atoms with van der Waals surface area (Å²) < 4.78 is 7.41. The number of benzene rings is 2. The lowest BCUT2D eigenvalue weighted by atomic mass is 9.97. The number of carbonyl (C=O) groups excluding carboxylic acids is 1. The number of nitrogens with zero attached hydrogens (tertiary/aromatic N) is 3. The fourth-order valence-corrected chi connectivity index (χ4v) is 4.36. The molecule has 1 aliphatic heterocycles. The second-order valence-corrected chi connectivity index (χ2v) is 8.02. The molecule has 1 N–H and O–H groups in total. The monoisotopic (exact) mass is 434 g/mol. The van der Waals surface area contributed by atoms with Gasteiger partial charge in [0.2, 0.25) is 5.91 Å². The molecule has 0 spiro atoms. The van der Waals surface area contributed by atoms with Crippen LogP contribution in [-0.2, 0) is 17.9 Å². The van der Waals surface area contributed by atoms with Crippen LogP contribution in [0.3, 0.4) is 0 Å². The number of para-hydroxylation sites is 3. The Kier molecular flexibility index (Phi) is 6.73. The lowest BCUT2D eigenvalue weighted by molar-refractivity contribution is -0.125. The molecule has 2 aromatic carbocycles. The number of anilines is 1. The second-order valence-electron chi connectivity index (χ2n) is 8.02. The fourth-order valence-electron chi connectivity index (χ4n) is 4.36. The van der Waals surface area contributed by atoms with E-state index in [9.17, 15) is 9.59 Å². The molecule has 32 heavy (non-hydrogen) atoms. The van der Waals surface area contributed by atoms with Crippen molar-refractivity contribution in [3.63, 3.8) is 0 Å². The van der Waals surface area contributed by atoms with Gasteiger partial charge in [0.1, 0.15) is 5.75 Å². The van der Waals surface area contributed by atoms with Crippen molar-refractivity contribution in [2.24, 2.45) is 5.92 Å². The molecule has 3 aromatic rings. The van der Waals surface area contributed by atoms with Gasteiger partial charge in [0.15, 0.2) is 5.82 Å². The first-order valence-electron chi connectivity index (χ1n) is 11.3. The standard InChI is InChI=1S/C25H30N4O3/c1-3-29-21-13-7-6-12-20(21)27-23(25(29)31)28-15-9-11-19(17-28)24(30)26-16-18-10-5-8-14-22(18)32-4-2/h5-8,10,12-14,19H,3-4,9,11,15-17H2,1-2H3,(H,26,30)/t19-/m1/s1. The van der Waals surface area contributed by atoms with Crippen LogP contribution in [-0.4, -0.2) is 35.2 Å². The largest absolute Gasteiger partial charge is 0.494 e. The van der Waals surface area contributed by atoms with Crippen LogP contribution in [0.15, 0.2) is 53.3 Å². The second kappa shape index (κ2) is 9.85. The van der Waals surface area contributed by atoms with E-state index in [0.717, 1.165) is 41.7 Å². The highest BCUT2D eigenvalue weighted by Gasteiger charge is 2.28. The smallest absolute Gasteiger partial charge is 0.293 e. The lowest BCUT2D eigenvalue weighted by Crippen LogP contribution is -2.45. The van der Waals surface area contributed by atoms with Crippen molar-refractivity contribution in [3.8, 4) is 5.75 Å². The maximum atomic E-state index is 13.1. The number of rotatable bonds is 7. The van der Waals surface area contributed by atoms with E-state index in [4.69, 9.17) is 4.74 Å². The van der Waals surface area contributed by atoms with Crippen molar-refractivity contribution >= 4 is 22.8 Å². The van der Waals surface area contributed by atoms with Gasteiger partial charge in [0.25, 0.3) is 5.56 Å². The molecule has 1 saturated heterocycles. The summed E-state index contributed by atoms with van der Waals surface area (Å²) in [6, 6.07) is 15.4. The Morgan fingerprint density at radius 1 is 1.16 bits per heavy atom. The molecule has 7 heteroatoms. The van der Waals surface area contributed by atoms with Crippen molar-refractivity contribution in [2.75, 3.05) is 24.6 Å². The van der Waals surface area contributed by atoms with Gasteiger partial charge in [-0.3, -0.25) is 9.59 Å². The third-order valence-corrected chi connectivity index (χ3v) is 5.97. The van der Waals surface area contributed by atoms with Crippen LogP contribution in [0.1, 0.15) is 32.3 Å². The molecule has 0 radical (unpaired) electrons. The number of fused-ring (bicyclic) bond motifs is 1. The van der Waals surface area contributed by atoms with Crippen molar-refractivity contribution in [3.05, 3.63) is 64.4 Å². The van der Waals surface area contributed by atoms with Crippen LogP contribution in [0.4, 0.5) is 5.82 Å². The minimum absolute atomic E-state index is 0.00222. The third-order valence-electron chi connectivity index (χ3n) is 5.97. The zero-order valence-corrected chi connectivity index (χ0v) is 18.7. The molecule has 0 aliphatic carbocycles. The van der Waals surface area contributed by atoms with E-state index in [1.807, 2.05) is 67.3 Å². The Bertz CT molecular complexity index is 1160. The van der Waals surface area contributed by atoms with Crippen molar-refractivity contribution in [1.29, 1.82) is 0 Å². The Hall–Kier alpha value is -3.35. The van der Waals surface area contributed by atoms with Crippen molar-refractivity contribution in [2.45, 2.75) is 39.8 Å². The van der Waals surface area contributed by atoms with Gasteiger partial charge in [-0.25, -0.2) is 4.98 Å². The van der Waals surface area contributed by atoms with Gasteiger partial charge < -0.3 is 19.5 Å². The zero-order valence-electron chi connectivity index (χ0n) is 18.7. The number of amides is 1. The summed E-state index contributed by atoms with van der Waals surface area (Å²) in [7, 11) is 0. The maximum Gasteiger partial charge on any atom is 0.293 e. The number of hydrogen-bond donors (Lipinski definition) is 1. The van der Waals surface area contributed by atoms with Crippen LogP contribution < -0.4 is 20.5 Å². The molecule has 2 heterocycles. The molecular formula is C25H30N4O3. The van der Waals surface area contributed by atoms with Crippen LogP contribution in [0.25, 0.3) is 11.0 Å². The Morgan fingerprint density at radius 2 is 1.94 bits per heavy atom. The average molecular weight is 435 g/mol. The topological polar surface area (TPSA) is 76.5 Å². The molecule has 1 aliphatic rings. The Morgan fingerprint density at radius 3 is 2.75 bits per heavy atom. The first-order valence-corrected chi connectivity index (χ1v) is 11.3. The SMILES string of the molecule is CCOc1ccccc1CNC(=O)[C@@H]1CCCN(c2nc3ccccc3n(CC)c2=O)C1. The average Bonchev–Trinajstić information content (AvgIpc) is 2.83. The quantitative estimate of drug-likeness (QED) is 0.617. The molecule has 0 bridgehead atoms. The highest BCUT2D eigenvalue weighted by molar-refractivity contribution is 5.80. The Balaban J connectivity index is 1.50. The van der Waals surface area contributed by atoms with E-state index >= 15 is 0 Å². The first kappa shape index (κ1) is 21.9. The zero-order chi connectivity index (χ0) is 22.5. The molecule has 1 fully saturated rings. The fraction of sp³-hybridized carbons (Fsp3) is 0.400. The predicted octanol–water partition coefficient (Wildman–Crippen LogP) is 3.35. The normalized spacial score (nSPS) is 16.2. The summed E-state index contributed by atoms with van der Waals surface area (Å²) in [5.41, 5.74) is 2.49. The highest BCUT2D eigenvalue weighted by Crippen LogP contribution is 2.23. The molecule has 4 rings (SSSR count). The predicted molar refractivity (Wildman–Crippen MR) is 126 cm³/mol. The summed E-state index contributed by atoms with van der Waals surface area (Å²) in [6.45, 7) is 6.69. The first-order chi connectivity index (χ1) is 15.6. The molecule has 1 atom stereocenters. The number of carbonyl (C=O) groups is 1. The van der Waals surface area contributed by atoms with Crippen LogP contribution in [0.5, 0.6) is 5.75 Å². The minimum Gasteiger partial charge on any atom is -0.494 e.